The summed E-state index contributed by atoms with van der Waals surface area (Å²) in [4.78, 5) is 30.0. The number of benzene rings is 1. The molecule has 4 rings (SSSR count). The number of ether oxygens (including phenoxy) is 2. The van der Waals surface area contributed by atoms with Gasteiger partial charge in [0.15, 0.2) is 0 Å². The molecule has 0 radical (unpaired) electrons. The van der Waals surface area contributed by atoms with E-state index in [0.717, 1.165) is 24.2 Å². The van der Waals surface area contributed by atoms with Crippen molar-refractivity contribution in [2.45, 2.75) is 38.3 Å². The number of carbonyl (C=O) groups is 1. The molecular formula is C22H25N3O5. The number of nitrogens with zero attached hydrogens (tertiary/aromatic N) is 3. The van der Waals surface area contributed by atoms with Crippen LogP contribution in [0.3, 0.4) is 0 Å². The average molecular weight is 411 g/mol. The van der Waals surface area contributed by atoms with Crippen LogP contribution in [0, 0.1) is 22.0 Å². The summed E-state index contributed by atoms with van der Waals surface area (Å²) in [7, 11) is 1.62. The van der Waals surface area contributed by atoms with Gasteiger partial charge in [-0.1, -0.05) is 12.1 Å². The molecule has 0 bridgehead atoms. The van der Waals surface area contributed by atoms with Gasteiger partial charge in [0, 0.05) is 6.08 Å². The van der Waals surface area contributed by atoms with E-state index in [1.807, 2.05) is 36.1 Å². The van der Waals surface area contributed by atoms with E-state index in [2.05, 4.69) is 0 Å². The summed E-state index contributed by atoms with van der Waals surface area (Å²) >= 11 is 0. The Morgan fingerprint density at radius 2 is 2.03 bits per heavy atom. The number of hydrogen-bond donors (Lipinski definition) is 0. The van der Waals surface area contributed by atoms with Crippen molar-refractivity contribution >= 4 is 11.8 Å². The lowest BCUT2D eigenvalue weighted by Gasteiger charge is -2.45. The lowest BCUT2D eigenvalue weighted by atomic mass is 9.68. The van der Waals surface area contributed by atoms with Gasteiger partial charge < -0.3 is 14.4 Å². The topological polar surface area (TPSA) is 94.3 Å². The first kappa shape index (κ1) is 20.1. The largest absolute Gasteiger partial charge is 0.497 e. The highest BCUT2D eigenvalue weighted by atomic mass is 16.6. The fourth-order valence-corrected chi connectivity index (χ4v) is 4.45. The Morgan fingerprint density at radius 3 is 2.63 bits per heavy atom. The zero-order valence-corrected chi connectivity index (χ0v) is 17.1. The van der Waals surface area contributed by atoms with Crippen molar-refractivity contribution in [3.63, 3.8) is 0 Å². The molecule has 0 amide bonds. The highest BCUT2D eigenvalue weighted by molar-refractivity contribution is 5.96. The van der Waals surface area contributed by atoms with Crippen molar-refractivity contribution in [1.29, 1.82) is 0 Å². The number of fused-ring (bicyclic) bond motifs is 1. The molecule has 1 aromatic carbocycles. The number of nitro groups is 1. The van der Waals surface area contributed by atoms with Gasteiger partial charge in [0.1, 0.15) is 11.6 Å². The molecular weight excluding hydrogens is 386 g/mol. The van der Waals surface area contributed by atoms with Crippen molar-refractivity contribution in [2.75, 3.05) is 13.7 Å². The van der Waals surface area contributed by atoms with E-state index >= 15 is 0 Å². The maximum Gasteiger partial charge on any atom is 0.309 e. The highest BCUT2D eigenvalue weighted by Crippen LogP contribution is 2.45. The third-order valence-electron chi connectivity index (χ3n) is 6.16. The summed E-state index contributed by atoms with van der Waals surface area (Å²) in [6.07, 6.45) is 7.15. The molecule has 0 spiro atoms. The van der Waals surface area contributed by atoms with Crippen LogP contribution in [0.2, 0.25) is 0 Å². The van der Waals surface area contributed by atoms with Crippen LogP contribution in [0.25, 0.3) is 0 Å². The zero-order chi connectivity index (χ0) is 21.3. The second-order valence-electron chi connectivity index (χ2n) is 7.73. The van der Waals surface area contributed by atoms with Crippen LogP contribution in [0.15, 0.2) is 53.3 Å². The number of carbonyl (C=O) groups excluding carboxylic acids is 1. The van der Waals surface area contributed by atoms with E-state index < -0.39 is 4.92 Å². The normalized spacial score (nSPS) is 27.3. The van der Waals surface area contributed by atoms with Crippen LogP contribution in [0.5, 0.6) is 5.75 Å². The first-order chi connectivity index (χ1) is 14.5. The number of allylic oxidation sites excluding steroid dienone is 1. The molecule has 8 heteroatoms. The molecule has 1 aliphatic carbocycles. The summed E-state index contributed by atoms with van der Waals surface area (Å²) in [6, 6.07) is 7.58. The summed E-state index contributed by atoms with van der Waals surface area (Å²) in [6.45, 7) is 2.19. The fourth-order valence-electron chi connectivity index (χ4n) is 4.45. The standard InChI is InChI=1S/C22H25N3O5/c1-3-30-22(26)18-10-9-17(18)19-12-20(14-4-7-16(29-2)8-5-14)24-13-15(25(27)28)6-11-21(24)23-19/h4-8,11,13,17-20H,3,9-10,12H2,1-2H3. The summed E-state index contributed by atoms with van der Waals surface area (Å²) in [5.74, 6) is 1.30. The van der Waals surface area contributed by atoms with Gasteiger partial charge in [0.25, 0.3) is 5.70 Å². The highest BCUT2D eigenvalue weighted by Gasteiger charge is 2.45. The molecule has 0 aromatic heterocycles. The van der Waals surface area contributed by atoms with Gasteiger partial charge in [-0.3, -0.25) is 19.9 Å². The molecule has 8 nitrogen and oxygen atoms in total. The van der Waals surface area contributed by atoms with Crippen molar-refractivity contribution in [3.05, 3.63) is 64.0 Å². The number of rotatable bonds is 6. The predicted molar refractivity (Wildman–Crippen MR) is 110 cm³/mol. The minimum absolute atomic E-state index is 0.0268. The van der Waals surface area contributed by atoms with E-state index in [4.69, 9.17) is 14.5 Å². The van der Waals surface area contributed by atoms with Crippen molar-refractivity contribution < 1.29 is 19.2 Å². The quantitative estimate of drug-likeness (QED) is 0.404. The first-order valence-corrected chi connectivity index (χ1v) is 10.2. The lowest BCUT2D eigenvalue weighted by molar-refractivity contribution is -0.420. The SMILES string of the molecule is CCOC(=O)C1CCC1C1CC(c2ccc(OC)cc2)N2C=C([N+](=O)[O-])C=CC2=N1. The minimum Gasteiger partial charge on any atom is -0.497 e. The average Bonchev–Trinajstić information content (AvgIpc) is 2.72. The van der Waals surface area contributed by atoms with Gasteiger partial charge in [0.2, 0.25) is 0 Å². The molecule has 4 atom stereocenters. The van der Waals surface area contributed by atoms with Crippen molar-refractivity contribution in [3.8, 4) is 5.75 Å². The van der Waals surface area contributed by atoms with Gasteiger partial charge in [0.05, 0.1) is 42.8 Å². The Bertz CT molecular complexity index is 921. The minimum atomic E-state index is -0.396. The third-order valence-corrected chi connectivity index (χ3v) is 6.16. The molecule has 0 saturated heterocycles. The summed E-state index contributed by atoms with van der Waals surface area (Å²) in [5, 5.41) is 11.3. The number of methoxy groups -OCH3 is 1. The van der Waals surface area contributed by atoms with Crippen LogP contribution < -0.4 is 4.74 Å². The van der Waals surface area contributed by atoms with Gasteiger partial charge in [-0.05, 0) is 55.9 Å². The van der Waals surface area contributed by atoms with E-state index in [1.54, 1.807) is 19.4 Å². The Labute approximate surface area is 175 Å². The van der Waals surface area contributed by atoms with Gasteiger partial charge >= 0.3 is 5.97 Å². The predicted octanol–water partition coefficient (Wildman–Crippen LogP) is 3.49. The van der Waals surface area contributed by atoms with E-state index in [0.29, 0.717) is 18.9 Å². The molecule has 158 valence electrons. The molecule has 30 heavy (non-hydrogen) atoms. The number of aliphatic imine (C=N–C) groups is 1. The Hall–Kier alpha value is -3.16. The van der Waals surface area contributed by atoms with Crippen LogP contribution >= 0.6 is 0 Å². The second-order valence-corrected chi connectivity index (χ2v) is 7.73. The van der Waals surface area contributed by atoms with E-state index in [9.17, 15) is 14.9 Å². The van der Waals surface area contributed by atoms with Crippen LogP contribution in [0.1, 0.15) is 37.8 Å². The number of esters is 1. The monoisotopic (exact) mass is 411 g/mol. The van der Waals surface area contributed by atoms with E-state index in [1.165, 1.54) is 6.08 Å². The third kappa shape index (κ3) is 3.69. The summed E-state index contributed by atoms with van der Waals surface area (Å²) in [5.41, 5.74) is 1.05. The maximum absolute atomic E-state index is 12.3. The summed E-state index contributed by atoms with van der Waals surface area (Å²) < 4.78 is 10.5. The van der Waals surface area contributed by atoms with Crippen LogP contribution in [0.4, 0.5) is 0 Å². The van der Waals surface area contributed by atoms with Crippen molar-refractivity contribution in [1.82, 2.24) is 4.90 Å². The van der Waals surface area contributed by atoms with Crippen LogP contribution in [-0.4, -0.2) is 41.4 Å². The number of amidine groups is 1. The Morgan fingerprint density at radius 1 is 1.27 bits per heavy atom. The Balaban J connectivity index is 1.66. The lowest BCUT2D eigenvalue weighted by Crippen LogP contribution is -2.46. The van der Waals surface area contributed by atoms with Gasteiger partial charge in [-0.15, -0.1) is 0 Å². The molecule has 1 aromatic rings. The maximum atomic E-state index is 12.3. The van der Waals surface area contributed by atoms with Gasteiger partial charge in [-0.25, -0.2) is 0 Å². The zero-order valence-electron chi connectivity index (χ0n) is 17.1. The molecule has 4 unspecified atom stereocenters. The smallest absolute Gasteiger partial charge is 0.309 e. The molecule has 2 heterocycles. The molecule has 0 N–H and O–H groups in total. The Kier molecular flexibility index (Phi) is 5.57. The van der Waals surface area contributed by atoms with Crippen molar-refractivity contribution in [2.24, 2.45) is 16.8 Å². The van der Waals surface area contributed by atoms with Gasteiger partial charge in [-0.2, -0.15) is 0 Å². The second kappa shape index (κ2) is 8.30. The first-order valence-electron chi connectivity index (χ1n) is 10.2. The molecule has 1 saturated carbocycles. The number of hydrogen-bond acceptors (Lipinski definition) is 7. The van der Waals surface area contributed by atoms with E-state index in [-0.39, 0.29) is 35.6 Å². The molecule has 2 aliphatic heterocycles. The molecule has 3 aliphatic rings. The fraction of sp³-hybridized carbons (Fsp3) is 0.455. The van der Waals surface area contributed by atoms with Crippen LogP contribution in [-0.2, 0) is 9.53 Å². The molecule has 1 fully saturated rings.